The molecule has 19 heavy (non-hydrogen) atoms. The number of benzene rings is 1. The van der Waals surface area contributed by atoms with Gasteiger partial charge in [0, 0.05) is 37.2 Å². The third-order valence-electron chi connectivity index (χ3n) is 4.40. The standard InChI is InChI=1S/C15H20N2OS/c1-19-17-9-7-15(8-10-17)11-16(12-15)14(18)13-5-3-2-4-6-13/h2-6H,7-12H2,1H3. The Hall–Kier alpha value is -1.00. The van der Waals surface area contributed by atoms with Crippen LogP contribution in [0.25, 0.3) is 0 Å². The molecule has 2 aliphatic heterocycles. The van der Waals surface area contributed by atoms with Crippen molar-refractivity contribution in [3.63, 3.8) is 0 Å². The highest BCUT2D eigenvalue weighted by Gasteiger charge is 2.46. The molecule has 0 aliphatic carbocycles. The van der Waals surface area contributed by atoms with Gasteiger partial charge in [-0.1, -0.05) is 30.1 Å². The molecular weight excluding hydrogens is 256 g/mol. The molecule has 1 spiro atoms. The SMILES string of the molecule is CSN1CCC2(CC1)CN(C(=O)c1ccccc1)C2. The molecule has 2 heterocycles. The van der Waals surface area contributed by atoms with Crippen LogP contribution in [0, 0.1) is 5.41 Å². The van der Waals surface area contributed by atoms with Crippen LogP contribution < -0.4 is 0 Å². The first-order chi connectivity index (χ1) is 9.22. The van der Waals surface area contributed by atoms with Crippen molar-refractivity contribution in [1.29, 1.82) is 0 Å². The minimum atomic E-state index is 0.193. The minimum Gasteiger partial charge on any atom is -0.337 e. The van der Waals surface area contributed by atoms with Gasteiger partial charge in [-0.3, -0.25) is 9.10 Å². The van der Waals surface area contributed by atoms with Gasteiger partial charge in [0.1, 0.15) is 0 Å². The number of carbonyl (C=O) groups is 1. The number of rotatable bonds is 2. The van der Waals surface area contributed by atoms with Gasteiger partial charge in [0.25, 0.3) is 5.91 Å². The van der Waals surface area contributed by atoms with E-state index < -0.39 is 0 Å². The van der Waals surface area contributed by atoms with E-state index in [1.54, 1.807) is 0 Å². The van der Waals surface area contributed by atoms with E-state index in [1.165, 1.54) is 12.8 Å². The van der Waals surface area contributed by atoms with E-state index in [0.717, 1.165) is 31.7 Å². The van der Waals surface area contributed by atoms with Gasteiger partial charge >= 0.3 is 0 Å². The largest absolute Gasteiger partial charge is 0.337 e. The Morgan fingerprint density at radius 2 is 1.79 bits per heavy atom. The van der Waals surface area contributed by atoms with E-state index in [9.17, 15) is 4.79 Å². The lowest BCUT2D eigenvalue weighted by atomic mass is 9.72. The summed E-state index contributed by atoms with van der Waals surface area (Å²) in [6.07, 6.45) is 4.60. The van der Waals surface area contributed by atoms with Gasteiger partial charge in [-0.25, -0.2) is 0 Å². The highest BCUT2D eigenvalue weighted by atomic mass is 32.2. The summed E-state index contributed by atoms with van der Waals surface area (Å²) >= 11 is 1.84. The van der Waals surface area contributed by atoms with Crippen LogP contribution in [0.2, 0.25) is 0 Å². The number of likely N-dealkylation sites (tertiary alicyclic amines) is 1. The van der Waals surface area contributed by atoms with E-state index in [-0.39, 0.29) is 5.91 Å². The second-order valence-corrected chi connectivity index (χ2v) is 6.52. The number of hydrogen-bond donors (Lipinski definition) is 0. The summed E-state index contributed by atoms with van der Waals surface area (Å²) in [6.45, 7) is 4.22. The predicted molar refractivity (Wildman–Crippen MR) is 79.1 cm³/mol. The first-order valence-corrected chi connectivity index (χ1v) is 8.04. The van der Waals surface area contributed by atoms with Crippen LogP contribution in [0.5, 0.6) is 0 Å². The molecular formula is C15H20N2OS. The van der Waals surface area contributed by atoms with Gasteiger partial charge in [0.05, 0.1) is 0 Å². The molecule has 0 saturated carbocycles. The Labute approximate surface area is 119 Å². The summed E-state index contributed by atoms with van der Waals surface area (Å²) in [7, 11) is 0. The van der Waals surface area contributed by atoms with E-state index in [2.05, 4.69) is 10.6 Å². The average molecular weight is 276 g/mol. The number of nitrogens with zero attached hydrogens (tertiary/aromatic N) is 2. The summed E-state index contributed by atoms with van der Waals surface area (Å²) in [5, 5.41) is 0. The summed E-state index contributed by atoms with van der Waals surface area (Å²) in [5.74, 6) is 0.193. The van der Waals surface area contributed by atoms with Crippen molar-refractivity contribution < 1.29 is 4.79 Å². The Bertz CT molecular complexity index is 446. The van der Waals surface area contributed by atoms with Crippen molar-refractivity contribution in [2.75, 3.05) is 32.4 Å². The van der Waals surface area contributed by atoms with Crippen LogP contribution >= 0.6 is 11.9 Å². The van der Waals surface area contributed by atoms with Gasteiger partial charge in [0.15, 0.2) is 0 Å². The highest BCUT2D eigenvalue weighted by Crippen LogP contribution is 2.41. The summed E-state index contributed by atoms with van der Waals surface area (Å²) in [5.41, 5.74) is 1.23. The van der Waals surface area contributed by atoms with Gasteiger partial charge in [-0.2, -0.15) is 0 Å². The lowest BCUT2D eigenvalue weighted by molar-refractivity contribution is -0.0200. The molecule has 2 aliphatic rings. The Balaban J connectivity index is 1.57. The van der Waals surface area contributed by atoms with E-state index in [0.29, 0.717) is 5.41 Å². The molecule has 2 saturated heterocycles. The van der Waals surface area contributed by atoms with Gasteiger partial charge in [-0.15, -0.1) is 0 Å². The predicted octanol–water partition coefficient (Wildman–Crippen LogP) is 2.50. The molecule has 0 aromatic heterocycles. The zero-order valence-electron chi connectivity index (χ0n) is 11.3. The Morgan fingerprint density at radius 3 is 2.37 bits per heavy atom. The van der Waals surface area contributed by atoms with E-state index >= 15 is 0 Å². The summed E-state index contributed by atoms with van der Waals surface area (Å²) in [6, 6.07) is 9.62. The lowest BCUT2D eigenvalue weighted by Gasteiger charge is -2.53. The smallest absolute Gasteiger partial charge is 0.253 e. The molecule has 0 atom stereocenters. The van der Waals surface area contributed by atoms with Crippen molar-refractivity contribution in [3.8, 4) is 0 Å². The van der Waals surface area contributed by atoms with Crippen LogP contribution in [-0.2, 0) is 0 Å². The number of carbonyl (C=O) groups excluding carboxylic acids is 1. The first-order valence-electron chi connectivity index (χ1n) is 6.86. The molecule has 1 aromatic carbocycles. The second kappa shape index (κ2) is 5.17. The zero-order valence-corrected chi connectivity index (χ0v) is 12.2. The number of piperidine rings is 1. The zero-order chi connectivity index (χ0) is 13.3. The maximum absolute atomic E-state index is 12.3. The highest BCUT2D eigenvalue weighted by molar-refractivity contribution is 7.96. The van der Waals surface area contributed by atoms with Crippen LogP contribution in [0.15, 0.2) is 30.3 Å². The maximum Gasteiger partial charge on any atom is 0.253 e. The fourth-order valence-electron chi connectivity index (χ4n) is 3.13. The molecule has 1 aromatic rings. The monoisotopic (exact) mass is 276 g/mol. The minimum absolute atomic E-state index is 0.193. The van der Waals surface area contributed by atoms with Crippen LogP contribution in [-0.4, -0.2) is 47.5 Å². The second-order valence-electron chi connectivity index (χ2n) is 5.64. The number of amides is 1. The molecule has 0 N–H and O–H groups in total. The third-order valence-corrected chi connectivity index (χ3v) is 5.28. The van der Waals surface area contributed by atoms with Crippen LogP contribution in [0.4, 0.5) is 0 Å². The van der Waals surface area contributed by atoms with Crippen LogP contribution in [0.3, 0.4) is 0 Å². The fourth-order valence-corrected chi connectivity index (χ4v) is 3.68. The molecule has 2 fully saturated rings. The summed E-state index contributed by atoms with van der Waals surface area (Å²) in [4.78, 5) is 14.3. The molecule has 0 unspecified atom stereocenters. The van der Waals surface area contributed by atoms with Crippen molar-refractivity contribution >= 4 is 17.9 Å². The van der Waals surface area contributed by atoms with Gasteiger partial charge in [0.2, 0.25) is 0 Å². The molecule has 3 rings (SSSR count). The fraction of sp³-hybridized carbons (Fsp3) is 0.533. The van der Waals surface area contributed by atoms with Gasteiger partial charge < -0.3 is 4.90 Å². The van der Waals surface area contributed by atoms with Crippen molar-refractivity contribution in [2.24, 2.45) is 5.41 Å². The normalized spacial score (nSPS) is 22.3. The molecule has 1 amide bonds. The molecule has 0 radical (unpaired) electrons. The molecule has 4 heteroatoms. The molecule has 0 bridgehead atoms. The van der Waals surface area contributed by atoms with E-state index in [1.807, 2.05) is 47.2 Å². The van der Waals surface area contributed by atoms with E-state index in [4.69, 9.17) is 0 Å². The van der Waals surface area contributed by atoms with Crippen molar-refractivity contribution in [1.82, 2.24) is 9.21 Å². The maximum atomic E-state index is 12.3. The lowest BCUT2D eigenvalue weighted by Crippen LogP contribution is -2.61. The Kier molecular flexibility index (Phi) is 3.54. The summed E-state index contributed by atoms with van der Waals surface area (Å²) < 4.78 is 2.42. The van der Waals surface area contributed by atoms with Crippen molar-refractivity contribution in [2.45, 2.75) is 12.8 Å². The number of hydrogen-bond acceptors (Lipinski definition) is 3. The molecule has 3 nitrogen and oxygen atoms in total. The first kappa shape index (κ1) is 13.0. The van der Waals surface area contributed by atoms with Crippen LogP contribution in [0.1, 0.15) is 23.2 Å². The quantitative estimate of drug-likeness (QED) is 0.775. The topological polar surface area (TPSA) is 23.6 Å². The molecule has 102 valence electrons. The van der Waals surface area contributed by atoms with Crippen molar-refractivity contribution in [3.05, 3.63) is 35.9 Å². The third kappa shape index (κ3) is 2.51. The van der Waals surface area contributed by atoms with Gasteiger partial charge in [-0.05, 0) is 31.2 Å². The average Bonchev–Trinajstić information content (AvgIpc) is 2.45. The Morgan fingerprint density at radius 1 is 1.16 bits per heavy atom.